The molecule has 1 amide bonds. The molecule has 1 aromatic carbocycles. The number of methoxy groups -OCH3 is 1. The van der Waals surface area contributed by atoms with Crippen LogP contribution in [-0.2, 0) is 6.42 Å². The molecule has 0 unspecified atom stereocenters. The van der Waals surface area contributed by atoms with E-state index in [-0.39, 0.29) is 5.91 Å². The molecule has 7 nitrogen and oxygen atoms in total. The van der Waals surface area contributed by atoms with Crippen LogP contribution in [0.1, 0.15) is 22.5 Å². The van der Waals surface area contributed by atoms with Gasteiger partial charge in [0.25, 0.3) is 5.91 Å². The molecule has 0 saturated carbocycles. The van der Waals surface area contributed by atoms with Crippen molar-refractivity contribution in [2.75, 3.05) is 46.2 Å². The molecule has 2 N–H and O–H groups in total. The van der Waals surface area contributed by atoms with Crippen LogP contribution in [0.5, 0.6) is 5.75 Å². The molecule has 2 rings (SSSR count). The fourth-order valence-corrected chi connectivity index (χ4v) is 2.48. The minimum atomic E-state index is -0.210. The van der Waals surface area contributed by atoms with Crippen LogP contribution >= 0.6 is 0 Å². The maximum atomic E-state index is 12.3. The van der Waals surface area contributed by atoms with E-state index in [4.69, 9.17) is 4.74 Å². The Balaban J connectivity index is 1.82. The van der Waals surface area contributed by atoms with Crippen molar-refractivity contribution in [3.05, 3.63) is 47.8 Å². The lowest BCUT2D eigenvalue weighted by molar-refractivity contribution is 0.0949. The number of benzene rings is 1. The standard InChI is InChI=1S/C19H27N5O2/c1-24(2)14-6-11-21-19-22-13-10-16(23-19)18(25)20-12-9-15-7-4-5-8-17(15)26-3/h4-5,7-8,10,13H,6,9,11-12,14H2,1-3H3,(H,20,25)(H,21,22,23). The Morgan fingerprint density at radius 2 is 2.00 bits per heavy atom. The summed E-state index contributed by atoms with van der Waals surface area (Å²) < 4.78 is 5.32. The number of anilines is 1. The summed E-state index contributed by atoms with van der Waals surface area (Å²) >= 11 is 0. The molecule has 0 spiro atoms. The number of amides is 1. The normalized spacial score (nSPS) is 10.6. The maximum absolute atomic E-state index is 12.3. The van der Waals surface area contributed by atoms with Crippen LogP contribution in [-0.4, -0.2) is 61.6 Å². The highest BCUT2D eigenvalue weighted by atomic mass is 16.5. The zero-order valence-corrected chi connectivity index (χ0v) is 15.7. The minimum absolute atomic E-state index is 0.210. The van der Waals surface area contributed by atoms with Crippen LogP contribution in [0.4, 0.5) is 5.95 Å². The van der Waals surface area contributed by atoms with E-state index in [1.54, 1.807) is 19.4 Å². The topological polar surface area (TPSA) is 79.4 Å². The predicted molar refractivity (Wildman–Crippen MR) is 103 cm³/mol. The molecule has 0 aliphatic carbocycles. The lowest BCUT2D eigenvalue weighted by atomic mass is 10.1. The third-order valence-corrected chi connectivity index (χ3v) is 3.83. The monoisotopic (exact) mass is 357 g/mol. The van der Waals surface area contributed by atoms with Gasteiger partial charge in [0.15, 0.2) is 0 Å². The van der Waals surface area contributed by atoms with Crippen LogP contribution in [0, 0.1) is 0 Å². The minimum Gasteiger partial charge on any atom is -0.496 e. The number of carbonyl (C=O) groups excluding carboxylic acids is 1. The second kappa shape index (κ2) is 10.4. The van der Waals surface area contributed by atoms with Crippen molar-refractivity contribution >= 4 is 11.9 Å². The second-order valence-electron chi connectivity index (χ2n) is 6.17. The van der Waals surface area contributed by atoms with E-state index in [0.717, 1.165) is 30.8 Å². The first-order chi connectivity index (χ1) is 12.6. The Morgan fingerprint density at radius 3 is 2.77 bits per heavy atom. The third-order valence-electron chi connectivity index (χ3n) is 3.83. The molecular formula is C19H27N5O2. The molecule has 0 bridgehead atoms. The Kier molecular flexibility index (Phi) is 7.82. The quantitative estimate of drug-likeness (QED) is 0.632. The lowest BCUT2D eigenvalue weighted by Gasteiger charge is -2.11. The zero-order valence-electron chi connectivity index (χ0n) is 15.7. The van der Waals surface area contributed by atoms with Gasteiger partial charge in [0, 0.05) is 19.3 Å². The van der Waals surface area contributed by atoms with Crippen LogP contribution in [0.2, 0.25) is 0 Å². The van der Waals surface area contributed by atoms with Gasteiger partial charge in [-0.25, -0.2) is 9.97 Å². The van der Waals surface area contributed by atoms with Gasteiger partial charge < -0.3 is 20.3 Å². The van der Waals surface area contributed by atoms with Crippen LogP contribution in [0.3, 0.4) is 0 Å². The first kappa shape index (κ1) is 19.7. The van der Waals surface area contributed by atoms with Crippen LogP contribution in [0.15, 0.2) is 36.5 Å². The van der Waals surface area contributed by atoms with Crippen molar-refractivity contribution in [1.82, 2.24) is 20.2 Å². The van der Waals surface area contributed by atoms with E-state index in [2.05, 4.69) is 25.5 Å². The van der Waals surface area contributed by atoms with Crippen molar-refractivity contribution in [2.45, 2.75) is 12.8 Å². The van der Waals surface area contributed by atoms with Gasteiger partial charge in [0.05, 0.1) is 7.11 Å². The molecule has 1 heterocycles. The number of aromatic nitrogens is 2. The van der Waals surface area contributed by atoms with E-state index in [0.29, 0.717) is 24.6 Å². The van der Waals surface area contributed by atoms with Crippen molar-refractivity contribution in [2.24, 2.45) is 0 Å². The Bertz CT molecular complexity index is 706. The summed E-state index contributed by atoms with van der Waals surface area (Å²) in [4.78, 5) is 22.8. The molecule has 140 valence electrons. The summed E-state index contributed by atoms with van der Waals surface area (Å²) in [6, 6.07) is 9.40. The maximum Gasteiger partial charge on any atom is 0.270 e. The van der Waals surface area contributed by atoms with E-state index in [1.807, 2.05) is 38.4 Å². The van der Waals surface area contributed by atoms with Gasteiger partial charge in [-0.05, 0) is 51.2 Å². The van der Waals surface area contributed by atoms with Gasteiger partial charge in [-0.1, -0.05) is 18.2 Å². The van der Waals surface area contributed by atoms with Gasteiger partial charge >= 0.3 is 0 Å². The number of hydrogen-bond donors (Lipinski definition) is 2. The number of carbonyl (C=O) groups is 1. The smallest absolute Gasteiger partial charge is 0.270 e. The van der Waals surface area contributed by atoms with E-state index < -0.39 is 0 Å². The van der Waals surface area contributed by atoms with Crippen LogP contribution < -0.4 is 15.4 Å². The summed E-state index contributed by atoms with van der Waals surface area (Å²) in [7, 11) is 5.71. The summed E-state index contributed by atoms with van der Waals surface area (Å²) in [5.41, 5.74) is 1.41. The molecule has 7 heteroatoms. The lowest BCUT2D eigenvalue weighted by Crippen LogP contribution is -2.27. The van der Waals surface area contributed by atoms with E-state index >= 15 is 0 Å². The summed E-state index contributed by atoms with van der Waals surface area (Å²) in [5.74, 6) is 1.09. The third kappa shape index (κ3) is 6.33. The molecule has 0 radical (unpaired) electrons. The number of nitrogens with zero attached hydrogens (tertiary/aromatic N) is 3. The molecule has 2 aromatic rings. The molecule has 0 aliphatic rings. The molecule has 0 fully saturated rings. The number of para-hydroxylation sites is 1. The largest absolute Gasteiger partial charge is 0.496 e. The van der Waals surface area contributed by atoms with Crippen molar-refractivity contribution in [1.29, 1.82) is 0 Å². The number of hydrogen-bond acceptors (Lipinski definition) is 6. The molecule has 1 aromatic heterocycles. The van der Waals surface area contributed by atoms with Crippen LogP contribution in [0.25, 0.3) is 0 Å². The fourth-order valence-electron chi connectivity index (χ4n) is 2.48. The highest BCUT2D eigenvalue weighted by Gasteiger charge is 2.09. The molecule has 0 saturated heterocycles. The van der Waals surface area contributed by atoms with Crippen molar-refractivity contribution < 1.29 is 9.53 Å². The van der Waals surface area contributed by atoms with Gasteiger partial charge in [0.1, 0.15) is 11.4 Å². The number of nitrogens with one attached hydrogen (secondary N) is 2. The first-order valence-corrected chi connectivity index (χ1v) is 8.72. The van der Waals surface area contributed by atoms with E-state index in [9.17, 15) is 4.79 Å². The summed E-state index contributed by atoms with van der Waals surface area (Å²) in [5, 5.41) is 6.04. The molecular weight excluding hydrogens is 330 g/mol. The molecule has 0 atom stereocenters. The van der Waals surface area contributed by atoms with E-state index in [1.165, 1.54) is 0 Å². The van der Waals surface area contributed by atoms with Gasteiger partial charge in [-0.15, -0.1) is 0 Å². The van der Waals surface area contributed by atoms with Crippen molar-refractivity contribution in [3.63, 3.8) is 0 Å². The average molecular weight is 357 g/mol. The van der Waals surface area contributed by atoms with Gasteiger partial charge in [-0.2, -0.15) is 0 Å². The highest BCUT2D eigenvalue weighted by Crippen LogP contribution is 2.17. The summed E-state index contributed by atoms with van der Waals surface area (Å²) in [6.07, 6.45) is 3.26. The summed E-state index contributed by atoms with van der Waals surface area (Å²) in [6.45, 7) is 2.25. The van der Waals surface area contributed by atoms with Gasteiger partial charge in [-0.3, -0.25) is 4.79 Å². The Labute approximate surface area is 154 Å². The fraction of sp³-hybridized carbons (Fsp3) is 0.421. The Morgan fingerprint density at radius 1 is 1.19 bits per heavy atom. The molecule has 0 aliphatic heterocycles. The number of rotatable bonds is 10. The predicted octanol–water partition coefficient (Wildman–Crippen LogP) is 1.82. The first-order valence-electron chi connectivity index (χ1n) is 8.72. The molecule has 26 heavy (non-hydrogen) atoms. The average Bonchev–Trinajstić information content (AvgIpc) is 2.65. The Hall–Kier alpha value is -2.67. The highest BCUT2D eigenvalue weighted by molar-refractivity contribution is 5.92. The second-order valence-corrected chi connectivity index (χ2v) is 6.17. The number of ether oxygens (including phenoxy) is 1. The zero-order chi connectivity index (χ0) is 18.8. The van der Waals surface area contributed by atoms with Crippen molar-refractivity contribution in [3.8, 4) is 5.75 Å². The van der Waals surface area contributed by atoms with Gasteiger partial charge in [0.2, 0.25) is 5.95 Å². The SMILES string of the molecule is COc1ccccc1CCNC(=O)c1ccnc(NCCCN(C)C)n1.